The summed E-state index contributed by atoms with van der Waals surface area (Å²) in [5.74, 6) is -6.76. The second kappa shape index (κ2) is 28.0. The van der Waals surface area contributed by atoms with Crippen molar-refractivity contribution in [1.82, 2.24) is 0 Å². The number of aliphatic hydroxyl groups excluding tert-OH is 13. The molecule has 4 saturated heterocycles. The molecular weight excluding hydrogens is 1200 g/mol. The Labute approximate surface area is 501 Å². The highest BCUT2D eigenvalue weighted by Gasteiger charge is 2.53. The van der Waals surface area contributed by atoms with Crippen LogP contribution in [0.15, 0.2) is 84.6 Å². The second-order valence-corrected chi connectivity index (χ2v) is 20.9. The van der Waals surface area contributed by atoms with Gasteiger partial charge in [-0.25, -0.2) is 9.59 Å². The van der Waals surface area contributed by atoms with Crippen molar-refractivity contribution in [2.75, 3.05) is 26.4 Å². The van der Waals surface area contributed by atoms with Gasteiger partial charge in [0.25, 0.3) is 0 Å². The predicted octanol–water partition coefficient (Wildman–Crippen LogP) is -4.08. The van der Waals surface area contributed by atoms with Gasteiger partial charge in [0.1, 0.15) is 128 Å². The Bertz CT molecular complexity index is 3220. The third-order valence-electron chi connectivity index (χ3n) is 14.8. The number of phenols is 6. The molecule has 32 heteroatoms. The van der Waals surface area contributed by atoms with Crippen LogP contribution < -0.4 is 14.2 Å². The van der Waals surface area contributed by atoms with Crippen LogP contribution in [0.4, 0.5) is 0 Å². The topological polar surface area (TPSA) is 520 Å². The van der Waals surface area contributed by atoms with E-state index in [0.29, 0.717) is 0 Å². The summed E-state index contributed by atoms with van der Waals surface area (Å²) in [6.07, 6.45) is -34.3. The number of aromatic hydroxyl groups is 6. The highest BCUT2D eigenvalue weighted by atomic mass is 16.8. The molecule has 5 aliphatic rings. The molecular formula is C57H64O32. The fourth-order valence-corrected chi connectivity index (χ4v) is 9.80. The first-order chi connectivity index (χ1) is 42.3. The summed E-state index contributed by atoms with van der Waals surface area (Å²) in [5.41, 5.74) is 0.244. The van der Waals surface area contributed by atoms with Gasteiger partial charge < -0.3 is 149 Å². The lowest BCUT2D eigenvalue weighted by Gasteiger charge is -2.46. The highest BCUT2D eigenvalue weighted by molar-refractivity contribution is 5.87. The maximum Gasteiger partial charge on any atom is 0.330 e. The van der Waals surface area contributed by atoms with Crippen LogP contribution in [-0.2, 0) is 47.5 Å². The number of rotatable bonds is 19. The van der Waals surface area contributed by atoms with Crippen LogP contribution in [0.1, 0.15) is 28.4 Å². The number of hydrogen-bond acceptors (Lipinski definition) is 32. The number of carbonyl (C=O) groups is 2. The molecule has 21 unspecified atom stereocenters. The van der Waals surface area contributed by atoms with E-state index in [0.717, 1.165) is 60.7 Å². The molecule has 5 aliphatic heterocycles. The van der Waals surface area contributed by atoms with E-state index in [1.165, 1.54) is 36.4 Å². The predicted molar refractivity (Wildman–Crippen MR) is 289 cm³/mol. The summed E-state index contributed by atoms with van der Waals surface area (Å²) in [7, 11) is 0. The number of fused-ring (bicyclic) bond motifs is 1. The van der Waals surface area contributed by atoms with E-state index < -0.39 is 208 Å². The van der Waals surface area contributed by atoms with Gasteiger partial charge in [-0.15, -0.1) is 0 Å². The minimum Gasteiger partial charge on any atom is -0.508 e. The molecule has 89 heavy (non-hydrogen) atoms. The van der Waals surface area contributed by atoms with Crippen molar-refractivity contribution in [3.05, 3.63) is 107 Å². The summed E-state index contributed by atoms with van der Waals surface area (Å²) in [6, 6.07) is 12.7. The number of benzene rings is 4. The number of ether oxygens (including phenoxy) is 11. The van der Waals surface area contributed by atoms with Crippen molar-refractivity contribution in [3.63, 3.8) is 0 Å². The molecule has 0 aliphatic carbocycles. The zero-order chi connectivity index (χ0) is 64.3. The lowest BCUT2D eigenvalue weighted by atomic mass is 9.97. The number of esters is 2. The number of hydrogen-bond donors (Lipinski definition) is 19. The average molecular weight is 1260 g/mol. The van der Waals surface area contributed by atoms with Crippen molar-refractivity contribution >= 4 is 30.2 Å². The van der Waals surface area contributed by atoms with E-state index in [2.05, 4.69) is 0 Å². The van der Waals surface area contributed by atoms with E-state index in [4.69, 9.17) is 52.1 Å². The first kappa shape index (κ1) is 65.8. The molecule has 21 atom stereocenters. The fraction of sp³-hybridized carbons (Fsp3) is 0.439. The summed E-state index contributed by atoms with van der Waals surface area (Å²) >= 11 is 0. The molecule has 0 spiro atoms. The Morgan fingerprint density at radius 1 is 0.449 bits per heavy atom. The molecule has 4 aromatic rings. The highest BCUT2D eigenvalue weighted by Crippen LogP contribution is 2.47. The fourth-order valence-electron chi connectivity index (χ4n) is 9.80. The third-order valence-corrected chi connectivity index (χ3v) is 14.8. The van der Waals surface area contributed by atoms with Crippen molar-refractivity contribution < 1.29 is 159 Å². The van der Waals surface area contributed by atoms with Crippen LogP contribution in [0.25, 0.3) is 18.2 Å². The first-order valence-electron chi connectivity index (χ1n) is 27.1. The standard InChI is InChI=1S/C57H64O32/c58-17-35-41(68)45(72)49(76)54(85-35)82-32-15-24(60)14-31-25(32)16-34(52(81-31)23-5-8-27(62)30(65)13-23)84-57-53(48(75)44(71)38(88-57)20-80-39(66)9-3-21-1-6-26(61)29(64)11-21)89-56-51(78)47(74)43(70)37(87-56)19-79-40(67)10-4-22-2-7-28(63)33(12-22)83-55-50(77)46(73)42(69)36(18-59)86-55/h1-16,35-38,41-65,68-78H,17-20H2. The molecule has 0 radical (unpaired) electrons. The molecule has 4 aromatic carbocycles. The van der Waals surface area contributed by atoms with Crippen LogP contribution >= 0.6 is 0 Å². The molecule has 19 N–H and O–H groups in total. The normalized spacial score (nSPS) is 33.8. The van der Waals surface area contributed by atoms with Gasteiger partial charge in [-0.1, -0.05) is 18.2 Å². The minimum atomic E-state index is -2.23. The Balaban J connectivity index is 0.980. The van der Waals surface area contributed by atoms with Gasteiger partial charge in [-0.3, -0.25) is 0 Å². The van der Waals surface area contributed by atoms with Crippen molar-refractivity contribution in [3.8, 4) is 51.7 Å². The van der Waals surface area contributed by atoms with Gasteiger partial charge >= 0.3 is 11.9 Å². The summed E-state index contributed by atoms with van der Waals surface area (Å²) < 4.78 is 63.6. The molecule has 9 rings (SSSR count). The van der Waals surface area contributed by atoms with Gasteiger partial charge in [0.05, 0.1) is 18.8 Å². The van der Waals surface area contributed by atoms with E-state index in [9.17, 15) is 107 Å². The van der Waals surface area contributed by atoms with Crippen LogP contribution in [0.3, 0.4) is 0 Å². The molecule has 0 bridgehead atoms. The van der Waals surface area contributed by atoms with Crippen LogP contribution in [0.5, 0.6) is 51.7 Å². The zero-order valence-electron chi connectivity index (χ0n) is 46.0. The first-order valence-corrected chi connectivity index (χ1v) is 27.1. The van der Waals surface area contributed by atoms with Gasteiger partial charge in [0, 0.05) is 29.8 Å². The van der Waals surface area contributed by atoms with E-state index >= 15 is 0 Å². The number of phenolic OH excluding ortho intramolecular Hbond substituents is 6. The lowest BCUT2D eigenvalue weighted by molar-refractivity contribution is -0.364. The van der Waals surface area contributed by atoms with Crippen LogP contribution in [-0.4, -0.2) is 258 Å². The van der Waals surface area contributed by atoms with E-state index in [1.54, 1.807) is 0 Å². The average Bonchev–Trinajstić information content (AvgIpc) is 1.42. The molecule has 0 amide bonds. The number of aliphatic hydroxyl groups is 13. The van der Waals surface area contributed by atoms with E-state index in [1.807, 2.05) is 0 Å². The van der Waals surface area contributed by atoms with Crippen molar-refractivity contribution in [1.29, 1.82) is 0 Å². The molecule has 32 nitrogen and oxygen atoms in total. The SMILES string of the molecule is O=C(C=Cc1ccc(O)c(OC2OC(CO)C(O)C(O)C2O)c1)OCC1OC(OC2C(OC3=Cc4c(cc(O)cc4OC4OC(CO)C(O)C(O)C4O)OC3c3ccc(O)c(O)c3)OC(COC(=O)C=Cc3ccc(O)c(O)c3)C(O)C2O)C(O)C(O)C1O. The molecule has 484 valence electrons. The van der Waals surface area contributed by atoms with Gasteiger partial charge in [-0.05, 0) is 65.8 Å². The molecule has 5 heterocycles. The summed E-state index contributed by atoms with van der Waals surface area (Å²) in [5, 5.41) is 201. The maximum atomic E-state index is 13.1. The third kappa shape index (κ3) is 14.7. The molecule has 0 aromatic heterocycles. The monoisotopic (exact) mass is 1260 g/mol. The molecule has 4 fully saturated rings. The maximum absolute atomic E-state index is 13.1. The largest absolute Gasteiger partial charge is 0.508 e. The van der Waals surface area contributed by atoms with Gasteiger partial charge in [-0.2, -0.15) is 0 Å². The smallest absolute Gasteiger partial charge is 0.330 e. The quantitative estimate of drug-likeness (QED) is 0.0241. The summed E-state index contributed by atoms with van der Waals surface area (Å²) in [4.78, 5) is 26.1. The van der Waals surface area contributed by atoms with Crippen molar-refractivity contribution in [2.24, 2.45) is 0 Å². The zero-order valence-corrected chi connectivity index (χ0v) is 46.0. The summed E-state index contributed by atoms with van der Waals surface area (Å²) in [6.45, 7) is -3.36. The van der Waals surface area contributed by atoms with Crippen LogP contribution in [0, 0.1) is 0 Å². The van der Waals surface area contributed by atoms with Gasteiger partial charge in [0.2, 0.25) is 18.9 Å². The van der Waals surface area contributed by atoms with Crippen LogP contribution in [0.2, 0.25) is 0 Å². The Morgan fingerprint density at radius 2 is 0.921 bits per heavy atom. The second-order valence-electron chi connectivity index (χ2n) is 20.9. The Kier molecular flexibility index (Phi) is 20.7. The Hall–Kier alpha value is -7.68. The van der Waals surface area contributed by atoms with Crippen molar-refractivity contribution in [2.45, 2.75) is 129 Å². The van der Waals surface area contributed by atoms with Gasteiger partial charge in [0.15, 0.2) is 53.0 Å². The molecule has 0 saturated carbocycles. The van der Waals surface area contributed by atoms with E-state index in [-0.39, 0.29) is 39.5 Å². The lowest BCUT2D eigenvalue weighted by Crippen LogP contribution is -2.64. The minimum absolute atomic E-state index is 0.00550. The Morgan fingerprint density at radius 3 is 1.47 bits per heavy atom. The number of carbonyl (C=O) groups excluding carboxylic acids is 2.